The Bertz CT molecular complexity index is 639. The van der Waals surface area contributed by atoms with Crippen molar-refractivity contribution in [2.45, 2.75) is 12.8 Å². The summed E-state index contributed by atoms with van der Waals surface area (Å²) in [5.41, 5.74) is -0.770. The molecule has 0 aromatic heterocycles. The second-order valence-electron chi connectivity index (χ2n) is 4.41. The average molecular weight is 295 g/mol. The first-order valence-electron chi connectivity index (χ1n) is 6.08. The molecular formula is C15H12F3NO2. The number of carbonyl (C=O) groups excluding carboxylic acids is 1. The summed E-state index contributed by atoms with van der Waals surface area (Å²) in [6.07, 6.45) is -0.961. The van der Waals surface area contributed by atoms with Gasteiger partial charge >= 0.3 is 6.09 Å². The summed E-state index contributed by atoms with van der Waals surface area (Å²) in [5, 5.41) is 2.10. The first-order valence-corrected chi connectivity index (χ1v) is 6.08. The molecule has 0 fully saturated rings. The minimum Gasteiger partial charge on any atom is -0.410 e. The number of hydrogen-bond acceptors (Lipinski definition) is 2. The Morgan fingerprint density at radius 3 is 2.43 bits per heavy atom. The fraction of sp³-hybridized carbons (Fsp3) is 0.133. The summed E-state index contributed by atoms with van der Waals surface area (Å²) < 4.78 is 44.8. The maximum absolute atomic E-state index is 13.5. The summed E-state index contributed by atoms with van der Waals surface area (Å²) in [4.78, 5) is 11.6. The normalized spacial score (nSPS) is 11.0. The summed E-state index contributed by atoms with van der Waals surface area (Å²) in [6, 6.07) is 10.8. The first kappa shape index (κ1) is 14.9. The SMILES string of the molecule is CC(F)(F)c1ccc(F)c(NC(=O)Oc2ccccc2)c1. The molecule has 2 aromatic rings. The van der Waals surface area contributed by atoms with E-state index in [4.69, 9.17) is 4.74 Å². The first-order chi connectivity index (χ1) is 9.86. The molecule has 0 aliphatic rings. The lowest BCUT2D eigenvalue weighted by molar-refractivity contribution is 0.0174. The Hall–Kier alpha value is -2.50. The lowest BCUT2D eigenvalue weighted by Crippen LogP contribution is -2.18. The minimum atomic E-state index is -3.13. The van der Waals surface area contributed by atoms with E-state index < -0.39 is 23.4 Å². The highest BCUT2D eigenvalue weighted by Gasteiger charge is 2.25. The maximum atomic E-state index is 13.5. The molecule has 1 N–H and O–H groups in total. The maximum Gasteiger partial charge on any atom is 0.417 e. The second kappa shape index (κ2) is 5.87. The van der Waals surface area contributed by atoms with Crippen LogP contribution in [0.1, 0.15) is 12.5 Å². The van der Waals surface area contributed by atoms with Crippen molar-refractivity contribution in [2.24, 2.45) is 0 Å². The standard InChI is InChI=1S/C15H12F3NO2/c1-15(17,18)10-7-8-12(16)13(9-10)19-14(20)21-11-5-3-2-4-6-11/h2-9H,1H3,(H,19,20). The van der Waals surface area contributed by atoms with Gasteiger partial charge in [0.15, 0.2) is 0 Å². The lowest BCUT2D eigenvalue weighted by Gasteiger charge is -2.13. The predicted octanol–water partition coefficient (Wildman–Crippen LogP) is 4.55. The van der Waals surface area contributed by atoms with Crippen molar-refractivity contribution in [1.29, 1.82) is 0 Å². The molecule has 0 atom stereocenters. The van der Waals surface area contributed by atoms with Crippen molar-refractivity contribution in [3.05, 3.63) is 59.9 Å². The number of anilines is 1. The molecule has 110 valence electrons. The molecule has 0 bridgehead atoms. The van der Waals surface area contributed by atoms with Gasteiger partial charge in [0.05, 0.1) is 5.69 Å². The van der Waals surface area contributed by atoms with E-state index in [1.807, 2.05) is 0 Å². The molecule has 2 rings (SSSR count). The number of para-hydroxylation sites is 1. The number of benzene rings is 2. The van der Waals surface area contributed by atoms with E-state index in [1.165, 1.54) is 12.1 Å². The van der Waals surface area contributed by atoms with Gasteiger partial charge < -0.3 is 4.74 Å². The number of alkyl halides is 2. The highest BCUT2D eigenvalue weighted by Crippen LogP contribution is 2.30. The Labute approximate surface area is 119 Å². The third-order valence-corrected chi connectivity index (χ3v) is 2.66. The van der Waals surface area contributed by atoms with E-state index in [2.05, 4.69) is 5.32 Å². The van der Waals surface area contributed by atoms with Crippen molar-refractivity contribution in [1.82, 2.24) is 0 Å². The van der Waals surface area contributed by atoms with Crippen LogP contribution in [-0.4, -0.2) is 6.09 Å². The van der Waals surface area contributed by atoms with Crippen LogP contribution in [0.5, 0.6) is 5.75 Å². The molecule has 0 spiro atoms. The monoisotopic (exact) mass is 295 g/mol. The molecule has 0 unspecified atom stereocenters. The van der Waals surface area contributed by atoms with Crippen LogP contribution in [0, 0.1) is 5.82 Å². The number of hydrogen-bond donors (Lipinski definition) is 1. The van der Waals surface area contributed by atoms with Crippen LogP contribution in [0.4, 0.5) is 23.7 Å². The van der Waals surface area contributed by atoms with Crippen molar-refractivity contribution < 1.29 is 22.7 Å². The minimum absolute atomic E-state index is 0.257. The van der Waals surface area contributed by atoms with Gasteiger partial charge in [-0.25, -0.2) is 18.0 Å². The molecule has 0 saturated carbocycles. The number of nitrogens with one attached hydrogen (secondary N) is 1. The zero-order valence-corrected chi connectivity index (χ0v) is 11.1. The Balaban J connectivity index is 2.14. The molecule has 1 amide bonds. The van der Waals surface area contributed by atoms with Crippen LogP contribution < -0.4 is 10.1 Å². The zero-order valence-electron chi connectivity index (χ0n) is 11.1. The molecule has 0 radical (unpaired) electrons. The molecule has 6 heteroatoms. The van der Waals surface area contributed by atoms with Gasteiger partial charge in [0.2, 0.25) is 0 Å². The highest BCUT2D eigenvalue weighted by atomic mass is 19.3. The number of ether oxygens (including phenoxy) is 1. The third-order valence-electron chi connectivity index (χ3n) is 2.66. The summed E-state index contributed by atoms with van der Waals surface area (Å²) in [5.74, 6) is -3.70. The van der Waals surface area contributed by atoms with E-state index >= 15 is 0 Å². The number of rotatable bonds is 3. The molecule has 0 aliphatic heterocycles. The number of amides is 1. The predicted molar refractivity (Wildman–Crippen MR) is 72.1 cm³/mol. The van der Waals surface area contributed by atoms with Gasteiger partial charge in [-0.3, -0.25) is 5.32 Å². The van der Waals surface area contributed by atoms with Gasteiger partial charge in [0.1, 0.15) is 11.6 Å². The van der Waals surface area contributed by atoms with Crippen molar-refractivity contribution in [2.75, 3.05) is 5.32 Å². The molecule has 0 heterocycles. The number of carbonyl (C=O) groups is 1. The van der Waals surface area contributed by atoms with Crippen molar-refractivity contribution in [3.8, 4) is 5.75 Å². The van der Waals surface area contributed by atoms with Gasteiger partial charge in [-0.2, -0.15) is 0 Å². The van der Waals surface area contributed by atoms with Crippen LogP contribution in [0.25, 0.3) is 0 Å². The van der Waals surface area contributed by atoms with Gasteiger partial charge in [-0.1, -0.05) is 24.3 Å². The van der Waals surface area contributed by atoms with Crippen molar-refractivity contribution >= 4 is 11.8 Å². The fourth-order valence-corrected chi connectivity index (χ4v) is 1.63. The van der Waals surface area contributed by atoms with Gasteiger partial charge in [0.25, 0.3) is 5.92 Å². The quantitative estimate of drug-likeness (QED) is 0.902. The summed E-state index contributed by atoms with van der Waals surface area (Å²) in [6.45, 7) is 0.687. The van der Waals surface area contributed by atoms with Gasteiger partial charge in [-0.05, 0) is 24.3 Å². The van der Waals surface area contributed by atoms with Crippen LogP contribution >= 0.6 is 0 Å². The van der Waals surface area contributed by atoms with Crippen LogP contribution in [0.3, 0.4) is 0 Å². The van der Waals surface area contributed by atoms with E-state index in [-0.39, 0.29) is 11.4 Å². The van der Waals surface area contributed by atoms with E-state index in [0.717, 1.165) is 18.2 Å². The molecule has 0 saturated heterocycles. The molecule has 3 nitrogen and oxygen atoms in total. The Kier molecular flexibility index (Phi) is 4.16. The largest absolute Gasteiger partial charge is 0.417 e. The van der Waals surface area contributed by atoms with Crippen LogP contribution in [0.2, 0.25) is 0 Å². The molecular weight excluding hydrogens is 283 g/mol. The smallest absolute Gasteiger partial charge is 0.410 e. The molecule has 0 aliphatic carbocycles. The van der Waals surface area contributed by atoms with E-state index in [1.54, 1.807) is 18.2 Å². The van der Waals surface area contributed by atoms with Crippen LogP contribution in [0.15, 0.2) is 48.5 Å². The molecule has 2 aromatic carbocycles. The second-order valence-corrected chi connectivity index (χ2v) is 4.41. The summed E-state index contributed by atoms with van der Waals surface area (Å²) in [7, 11) is 0. The lowest BCUT2D eigenvalue weighted by atomic mass is 10.1. The van der Waals surface area contributed by atoms with Crippen molar-refractivity contribution in [3.63, 3.8) is 0 Å². The zero-order chi connectivity index (χ0) is 15.5. The van der Waals surface area contributed by atoms with Gasteiger partial charge in [0, 0.05) is 12.5 Å². The number of halogens is 3. The average Bonchev–Trinajstić information content (AvgIpc) is 2.41. The summed E-state index contributed by atoms with van der Waals surface area (Å²) >= 11 is 0. The molecule has 21 heavy (non-hydrogen) atoms. The topological polar surface area (TPSA) is 38.3 Å². The van der Waals surface area contributed by atoms with E-state index in [0.29, 0.717) is 6.92 Å². The fourth-order valence-electron chi connectivity index (χ4n) is 1.63. The Morgan fingerprint density at radius 1 is 1.14 bits per heavy atom. The third kappa shape index (κ3) is 3.98. The highest BCUT2D eigenvalue weighted by molar-refractivity contribution is 5.86. The Morgan fingerprint density at radius 2 is 1.81 bits per heavy atom. The van der Waals surface area contributed by atoms with E-state index in [9.17, 15) is 18.0 Å². The van der Waals surface area contributed by atoms with Gasteiger partial charge in [-0.15, -0.1) is 0 Å². The van der Waals surface area contributed by atoms with Crippen LogP contribution in [-0.2, 0) is 5.92 Å².